The van der Waals surface area contributed by atoms with Crippen molar-refractivity contribution in [1.29, 1.82) is 0 Å². The van der Waals surface area contributed by atoms with Crippen LogP contribution >= 0.6 is 0 Å². The molecule has 0 radical (unpaired) electrons. The van der Waals surface area contributed by atoms with Gasteiger partial charge in [-0.25, -0.2) is 0 Å². The van der Waals surface area contributed by atoms with Gasteiger partial charge in [0.05, 0.1) is 11.8 Å². The molecule has 0 saturated heterocycles. The molecular weight excluding hydrogens is 198 g/mol. The molecule has 0 aliphatic carbocycles. The van der Waals surface area contributed by atoms with Gasteiger partial charge >= 0.3 is 5.97 Å². The summed E-state index contributed by atoms with van der Waals surface area (Å²) in [5.74, 6) is -1.00. The van der Waals surface area contributed by atoms with E-state index in [2.05, 4.69) is 15.5 Å². The molecule has 0 atom stereocenters. The molecule has 1 heterocycles. The van der Waals surface area contributed by atoms with Crippen LogP contribution in [0.5, 0.6) is 0 Å². The van der Waals surface area contributed by atoms with Gasteiger partial charge < -0.3 is 10.4 Å². The van der Waals surface area contributed by atoms with E-state index in [0.717, 1.165) is 0 Å². The topological polar surface area (TPSA) is 95.1 Å². The van der Waals surface area contributed by atoms with E-state index in [1.807, 2.05) is 0 Å². The maximum Gasteiger partial charge on any atom is 0.303 e. The van der Waals surface area contributed by atoms with Gasteiger partial charge in [0, 0.05) is 19.2 Å². The van der Waals surface area contributed by atoms with Crippen LogP contribution < -0.4 is 5.32 Å². The number of hydrogen-bond donors (Lipinski definition) is 3. The van der Waals surface area contributed by atoms with Crippen molar-refractivity contribution in [2.24, 2.45) is 0 Å². The number of carbonyl (C=O) groups is 2. The minimum atomic E-state index is -0.809. The fourth-order valence-corrected chi connectivity index (χ4v) is 1.08. The molecule has 15 heavy (non-hydrogen) atoms. The number of nitrogens with zero attached hydrogens (tertiary/aromatic N) is 1. The lowest BCUT2D eigenvalue weighted by atomic mass is 10.2. The van der Waals surface area contributed by atoms with E-state index in [1.54, 1.807) is 0 Å². The van der Waals surface area contributed by atoms with E-state index in [-0.39, 0.29) is 12.3 Å². The molecule has 0 aromatic carbocycles. The number of carboxylic acids is 1. The summed E-state index contributed by atoms with van der Waals surface area (Å²) in [4.78, 5) is 21.5. The van der Waals surface area contributed by atoms with Crippen LogP contribution in [0.15, 0.2) is 12.4 Å². The van der Waals surface area contributed by atoms with Crippen LogP contribution in [0, 0.1) is 0 Å². The van der Waals surface area contributed by atoms with Gasteiger partial charge in [-0.15, -0.1) is 0 Å². The van der Waals surface area contributed by atoms with E-state index in [9.17, 15) is 9.59 Å². The summed E-state index contributed by atoms with van der Waals surface area (Å²) in [5.41, 5.74) is 0.480. The van der Waals surface area contributed by atoms with E-state index >= 15 is 0 Å². The summed E-state index contributed by atoms with van der Waals surface area (Å²) in [6, 6.07) is 0. The zero-order valence-corrected chi connectivity index (χ0v) is 8.19. The number of carboxylic acid groups (broad SMARTS) is 1. The van der Waals surface area contributed by atoms with Gasteiger partial charge in [-0.3, -0.25) is 14.7 Å². The van der Waals surface area contributed by atoms with Crippen LogP contribution in [0.4, 0.5) is 0 Å². The summed E-state index contributed by atoms with van der Waals surface area (Å²) in [7, 11) is 0. The number of aliphatic carboxylic acids is 1. The van der Waals surface area contributed by atoms with Crippen molar-refractivity contribution in [1.82, 2.24) is 15.5 Å². The lowest BCUT2D eigenvalue weighted by Gasteiger charge is -2.01. The second-order valence-corrected chi connectivity index (χ2v) is 3.09. The monoisotopic (exact) mass is 211 g/mol. The highest BCUT2D eigenvalue weighted by molar-refractivity contribution is 5.93. The van der Waals surface area contributed by atoms with Crippen molar-refractivity contribution in [3.8, 4) is 0 Å². The van der Waals surface area contributed by atoms with Gasteiger partial charge in [0.25, 0.3) is 5.91 Å². The molecule has 0 aliphatic rings. The lowest BCUT2D eigenvalue weighted by Crippen LogP contribution is -2.24. The number of nitrogens with one attached hydrogen (secondary N) is 2. The van der Waals surface area contributed by atoms with Gasteiger partial charge in [-0.1, -0.05) is 0 Å². The summed E-state index contributed by atoms with van der Waals surface area (Å²) in [6.07, 6.45) is 4.32. The van der Waals surface area contributed by atoms with Crippen LogP contribution in [0.1, 0.15) is 29.6 Å². The number of amides is 1. The summed E-state index contributed by atoms with van der Waals surface area (Å²) in [5, 5.41) is 17.2. The third-order valence-electron chi connectivity index (χ3n) is 1.86. The number of carbonyl (C=O) groups excluding carboxylic acids is 1. The lowest BCUT2D eigenvalue weighted by molar-refractivity contribution is -0.137. The molecule has 1 amide bonds. The molecule has 3 N–H and O–H groups in total. The Morgan fingerprint density at radius 3 is 2.87 bits per heavy atom. The number of aromatic amines is 1. The van der Waals surface area contributed by atoms with Crippen molar-refractivity contribution in [3.05, 3.63) is 18.0 Å². The average Bonchev–Trinajstić information content (AvgIpc) is 2.69. The van der Waals surface area contributed by atoms with E-state index in [4.69, 9.17) is 5.11 Å². The van der Waals surface area contributed by atoms with Crippen molar-refractivity contribution in [2.45, 2.75) is 19.3 Å². The van der Waals surface area contributed by atoms with Gasteiger partial charge in [-0.05, 0) is 12.8 Å². The minimum absolute atomic E-state index is 0.140. The first-order chi connectivity index (χ1) is 7.20. The molecule has 1 aromatic heterocycles. The van der Waals surface area contributed by atoms with Crippen LogP contribution in [-0.2, 0) is 4.79 Å². The van der Waals surface area contributed by atoms with Gasteiger partial charge in [-0.2, -0.15) is 5.10 Å². The molecule has 0 fully saturated rings. The number of H-pyrrole nitrogens is 1. The van der Waals surface area contributed by atoms with Crippen LogP contribution in [-0.4, -0.2) is 33.7 Å². The Balaban J connectivity index is 2.10. The van der Waals surface area contributed by atoms with E-state index < -0.39 is 5.97 Å². The molecule has 6 heteroatoms. The fourth-order valence-electron chi connectivity index (χ4n) is 1.08. The zero-order valence-electron chi connectivity index (χ0n) is 8.19. The SMILES string of the molecule is O=C(O)CCCCNC(=O)c1cn[nH]c1. The Bertz CT molecular complexity index is 321. The molecule has 82 valence electrons. The second-order valence-electron chi connectivity index (χ2n) is 3.09. The Morgan fingerprint density at radius 2 is 2.27 bits per heavy atom. The van der Waals surface area contributed by atoms with Crippen molar-refractivity contribution >= 4 is 11.9 Å². The summed E-state index contributed by atoms with van der Waals surface area (Å²) >= 11 is 0. The summed E-state index contributed by atoms with van der Waals surface area (Å²) < 4.78 is 0. The first kappa shape index (κ1) is 11.2. The Morgan fingerprint density at radius 1 is 1.47 bits per heavy atom. The third kappa shape index (κ3) is 4.26. The minimum Gasteiger partial charge on any atom is -0.481 e. The highest BCUT2D eigenvalue weighted by Gasteiger charge is 2.04. The number of unbranched alkanes of at least 4 members (excludes halogenated alkanes) is 1. The maximum atomic E-state index is 11.3. The molecule has 1 rings (SSSR count). The predicted molar refractivity (Wildman–Crippen MR) is 52.4 cm³/mol. The molecule has 6 nitrogen and oxygen atoms in total. The second kappa shape index (κ2) is 5.79. The molecule has 0 spiro atoms. The third-order valence-corrected chi connectivity index (χ3v) is 1.86. The zero-order chi connectivity index (χ0) is 11.1. The summed E-state index contributed by atoms with van der Waals surface area (Å²) in [6.45, 7) is 0.483. The molecule has 0 aliphatic heterocycles. The standard InChI is InChI=1S/C9H13N3O3/c13-8(14)3-1-2-4-10-9(15)7-5-11-12-6-7/h5-6H,1-4H2,(H,10,15)(H,11,12)(H,13,14). The average molecular weight is 211 g/mol. The molecule has 0 bridgehead atoms. The van der Waals surface area contributed by atoms with Gasteiger partial charge in [0.15, 0.2) is 0 Å². The number of aromatic nitrogens is 2. The normalized spacial score (nSPS) is 9.87. The van der Waals surface area contributed by atoms with Gasteiger partial charge in [0.1, 0.15) is 0 Å². The largest absolute Gasteiger partial charge is 0.481 e. The maximum absolute atomic E-state index is 11.3. The van der Waals surface area contributed by atoms with Crippen molar-refractivity contribution in [2.75, 3.05) is 6.54 Å². The molecule has 0 saturated carbocycles. The Kier molecular flexibility index (Phi) is 4.33. The highest BCUT2D eigenvalue weighted by Crippen LogP contribution is 1.96. The predicted octanol–water partition coefficient (Wildman–Crippen LogP) is 0.394. The van der Waals surface area contributed by atoms with Crippen LogP contribution in [0.3, 0.4) is 0 Å². The Labute approximate surface area is 86.7 Å². The Hall–Kier alpha value is -1.85. The van der Waals surface area contributed by atoms with E-state index in [0.29, 0.717) is 24.9 Å². The first-order valence-electron chi connectivity index (χ1n) is 4.69. The van der Waals surface area contributed by atoms with Crippen LogP contribution in [0.2, 0.25) is 0 Å². The molecule has 1 aromatic rings. The number of hydrogen-bond acceptors (Lipinski definition) is 3. The highest BCUT2D eigenvalue weighted by atomic mass is 16.4. The van der Waals surface area contributed by atoms with Gasteiger partial charge in [0.2, 0.25) is 0 Å². The molecular formula is C9H13N3O3. The van der Waals surface area contributed by atoms with Crippen LogP contribution in [0.25, 0.3) is 0 Å². The first-order valence-corrected chi connectivity index (χ1v) is 4.69. The van der Waals surface area contributed by atoms with Crippen molar-refractivity contribution < 1.29 is 14.7 Å². The van der Waals surface area contributed by atoms with E-state index in [1.165, 1.54) is 12.4 Å². The fraction of sp³-hybridized carbons (Fsp3) is 0.444. The number of rotatable bonds is 6. The van der Waals surface area contributed by atoms with Crippen molar-refractivity contribution in [3.63, 3.8) is 0 Å². The smallest absolute Gasteiger partial charge is 0.303 e. The molecule has 0 unspecified atom stereocenters. The quantitative estimate of drug-likeness (QED) is 0.593.